The predicted molar refractivity (Wildman–Crippen MR) is 124 cm³/mol. The number of rotatable bonds is 8. The van der Waals surface area contributed by atoms with Gasteiger partial charge in [-0.2, -0.15) is 0 Å². The van der Waals surface area contributed by atoms with E-state index >= 15 is 0 Å². The summed E-state index contributed by atoms with van der Waals surface area (Å²) in [5.74, 6) is 0.452. The molecule has 0 aliphatic heterocycles. The van der Waals surface area contributed by atoms with Crippen LogP contribution in [-0.2, 0) is 9.53 Å². The summed E-state index contributed by atoms with van der Waals surface area (Å²) in [5.41, 5.74) is 2.30. The van der Waals surface area contributed by atoms with Crippen molar-refractivity contribution in [1.29, 1.82) is 0 Å². The van der Waals surface area contributed by atoms with Crippen molar-refractivity contribution >= 4 is 28.2 Å². The molecule has 162 valence electrons. The number of hydrogen-bond donors (Lipinski definition) is 1. The summed E-state index contributed by atoms with van der Waals surface area (Å²) >= 11 is 1.46. The third-order valence-electron chi connectivity index (χ3n) is 6.05. The molecule has 0 bridgehead atoms. The molecule has 0 atom stereocenters. The standard InChI is InChI=1S/C25H33NO3S/c1-4-6-10-18-13-15-20(16-14-18)23(27)26-24-22(25(28)29-5-2)21(17(3)30-24)19-11-8-7-9-12-19/h7-9,11-12,18,20H,4-6,10,13-16H2,1-3H3,(H,26,27). The summed E-state index contributed by atoms with van der Waals surface area (Å²) in [6.07, 6.45) is 7.92. The Kier molecular flexibility index (Phi) is 8.08. The molecular weight excluding hydrogens is 394 g/mol. The van der Waals surface area contributed by atoms with Crippen molar-refractivity contribution in [3.05, 3.63) is 40.8 Å². The second-order valence-corrected chi connectivity index (χ2v) is 9.40. The van der Waals surface area contributed by atoms with Gasteiger partial charge in [0.2, 0.25) is 5.91 Å². The van der Waals surface area contributed by atoms with E-state index in [9.17, 15) is 9.59 Å². The van der Waals surface area contributed by atoms with Crippen LogP contribution in [0.15, 0.2) is 30.3 Å². The second-order valence-electron chi connectivity index (χ2n) is 8.17. The Balaban J connectivity index is 1.79. The Labute approximate surface area is 184 Å². The van der Waals surface area contributed by atoms with Gasteiger partial charge in [-0.1, -0.05) is 56.5 Å². The molecule has 1 N–H and O–H groups in total. The molecule has 3 rings (SSSR count). The minimum absolute atomic E-state index is 0.0282. The van der Waals surface area contributed by atoms with E-state index < -0.39 is 0 Å². The molecule has 1 aromatic heterocycles. The van der Waals surface area contributed by atoms with E-state index in [1.807, 2.05) is 37.3 Å². The molecule has 1 saturated carbocycles. The molecule has 0 spiro atoms. The van der Waals surface area contributed by atoms with Crippen LogP contribution in [-0.4, -0.2) is 18.5 Å². The first-order valence-electron chi connectivity index (χ1n) is 11.2. The largest absolute Gasteiger partial charge is 0.462 e. The van der Waals surface area contributed by atoms with Gasteiger partial charge >= 0.3 is 5.97 Å². The second kappa shape index (κ2) is 10.8. The number of benzene rings is 1. The van der Waals surface area contributed by atoms with Crippen molar-refractivity contribution in [1.82, 2.24) is 0 Å². The number of nitrogens with one attached hydrogen (secondary N) is 1. The van der Waals surface area contributed by atoms with Crippen LogP contribution in [0.25, 0.3) is 11.1 Å². The van der Waals surface area contributed by atoms with Crippen LogP contribution in [0.4, 0.5) is 5.00 Å². The van der Waals surface area contributed by atoms with E-state index in [0.29, 0.717) is 17.2 Å². The molecular formula is C25H33NO3S. The van der Waals surface area contributed by atoms with Crippen LogP contribution in [0, 0.1) is 18.8 Å². The number of aryl methyl sites for hydroxylation is 1. The van der Waals surface area contributed by atoms with Crippen molar-refractivity contribution < 1.29 is 14.3 Å². The van der Waals surface area contributed by atoms with E-state index in [1.54, 1.807) is 6.92 Å². The normalized spacial score (nSPS) is 18.8. The zero-order chi connectivity index (χ0) is 21.5. The molecule has 5 heteroatoms. The molecule has 1 aliphatic rings. The molecule has 1 heterocycles. The highest BCUT2D eigenvalue weighted by Gasteiger charge is 2.29. The van der Waals surface area contributed by atoms with Gasteiger partial charge in [-0.25, -0.2) is 4.79 Å². The molecule has 1 amide bonds. The highest BCUT2D eigenvalue weighted by Crippen LogP contribution is 2.41. The topological polar surface area (TPSA) is 55.4 Å². The van der Waals surface area contributed by atoms with Gasteiger partial charge in [0.05, 0.1) is 6.61 Å². The summed E-state index contributed by atoms with van der Waals surface area (Å²) in [4.78, 5) is 26.8. The molecule has 2 aromatic rings. The quantitative estimate of drug-likeness (QED) is 0.469. The van der Waals surface area contributed by atoms with E-state index in [4.69, 9.17) is 4.74 Å². The third kappa shape index (κ3) is 5.31. The predicted octanol–water partition coefficient (Wildman–Crippen LogP) is 6.84. The van der Waals surface area contributed by atoms with Crippen LogP contribution >= 0.6 is 11.3 Å². The van der Waals surface area contributed by atoms with E-state index in [-0.39, 0.29) is 17.8 Å². The number of thiophene rings is 1. The lowest BCUT2D eigenvalue weighted by atomic mass is 9.79. The van der Waals surface area contributed by atoms with E-state index in [2.05, 4.69) is 12.2 Å². The van der Waals surface area contributed by atoms with Gasteiger partial charge in [0.15, 0.2) is 0 Å². The molecule has 1 aliphatic carbocycles. The van der Waals surface area contributed by atoms with Gasteiger partial charge < -0.3 is 10.1 Å². The Morgan fingerprint density at radius 1 is 1.10 bits per heavy atom. The molecule has 1 fully saturated rings. The van der Waals surface area contributed by atoms with Crippen LogP contribution in [0.5, 0.6) is 0 Å². The number of esters is 1. The first kappa shape index (κ1) is 22.5. The van der Waals surface area contributed by atoms with E-state index in [1.165, 1.54) is 30.6 Å². The van der Waals surface area contributed by atoms with Crippen LogP contribution in [0.3, 0.4) is 0 Å². The number of unbranched alkanes of at least 4 members (excludes halogenated alkanes) is 1. The first-order valence-corrected chi connectivity index (χ1v) is 12.0. The van der Waals surface area contributed by atoms with Crippen molar-refractivity contribution in [3.8, 4) is 11.1 Å². The van der Waals surface area contributed by atoms with Gasteiger partial charge in [-0.05, 0) is 51.0 Å². The van der Waals surface area contributed by atoms with E-state index in [0.717, 1.165) is 47.6 Å². The van der Waals surface area contributed by atoms with Crippen molar-refractivity contribution in [2.45, 2.75) is 65.7 Å². The van der Waals surface area contributed by atoms with Crippen LogP contribution < -0.4 is 5.32 Å². The molecule has 0 unspecified atom stereocenters. The summed E-state index contributed by atoms with van der Waals surface area (Å²) in [6, 6.07) is 9.84. The number of hydrogen-bond acceptors (Lipinski definition) is 4. The Bertz CT molecular complexity index is 851. The maximum absolute atomic E-state index is 13.0. The zero-order valence-corrected chi connectivity index (χ0v) is 19.1. The minimum Gasteiger partial charge on any atom is -0.462 e. The monoisotopic (exact) mass is 427 g/mol. The Morgan fingerprint density at radius 2 is 1.80 bits per heavy atom. The number of anilines is 1. The summed E-state index contributed by atoms with van der Waals surface area (Å²) < 4.78 is 5.34. The molecule has 0 radical (unpaired) electrons. The highest BCUT2D eigenvalue weighted by molar-refractivity contribution is 7.17. The molecule has 4 nitrogen and oxygen atoms in total. The highest BCUT2D eigenvalue weighted by atomic mass is 32.1. The fourth-order valence-corrected chi connectivity index (χ4v) is 5.47. The summed E-state index contributed by atoms with van der Waals surface area (Å²) in [6.45, 7) is 6.32. The third-order valence-corrected chi connectivity index (χ3v) is 7.07. The SMILES string of the molecule is CCCCC1CCC(C(=O)Nc2sc(C)c(-c3ccccc3)c2C(=O)OCC)CC1. The fraction of sp³-hybridized carbons (Fsp3) is 0.520. The van der Waals surface area contributed by atoms with Crippen molar-refractivity contribution in [3.63, 3.8) is 0 Å². The zero-order valence-electron chi connectivity index (χ0n) is 18.3. The minimum atomic E-state index is -0.376. The number of carbonyl (C=O) groups excluding carboxylic acids is 2. The lowest BCUT2D eigenvalue weighted by Gasteiger charge is -2.27. The van der Waals surface area contributed by atoms with Crippen molar-refractivity contribution in [2.24, 2.45) is 11.8 Å². The average Bonchev–Trinajstić information content (AvgIpc) is 3.09. The molecule has 0 saturated heterocycles. The smallest absolute Gasteiger partial charge is 0.341 e. The molecule has 30 heavy (non-hydrogen) atoms. The van der Waals surface area contributed by atoms with Gasteiger partial charge in [-0.3, -0.25) is 4.79 Å². The number of carbonyl (C=O) groups is 2. The van der Waals surface area contributed by atoms with Gasteiger partial charge in [0.25, 0.3) is 0 Å². The molecule has 1 aromatic carbocycles. The lowest BCUT2D eigenvalue weighted by Crippen LogP contribution is -2.27. The Morgan fingerprint density at radius 3 is 2.43 bits per heavy atom. The van der Waals surface area contributed by atoms with Gasteiger partial charge in [-0.15, -0.1) is 11.3 Å². The Hall–Kier alpha value is -2.14. The average molecular weight is 428 g/mol. The lowest BCUT2D eigenvalue weighted by molar-refractivity contribution is -0.121. The maximum atomic E-state index is 13.0. The summed E-state index contributed by atoms with van der Waals surface area (Å²) in [5, 5.41) is 3.70. The maximum Gasteiger partial charge on any atom is 0.341 e. The first-order chi connectivity index (χ1) is 14.5. The number of amides is 1. The van der Waals surface area contributed by atoms with Gasteiger partial charge in [0.1, 0.15) is 10.6 Å². The fourth-order valence-electron chi connectivity index (χ4n) is 4.40. The summed E-state index contributed by atoms with van der Waals surface area (Å²) in [7, 11) is 0. The van der Waals surface area contributed by atoms with Crippen LogP contribution in [0.1, 0.15) is 74.0 Å². The van der Waals surface area contributed by atoms with Crippen molar-refractivity contribution in [2.75, 3.05) is 11.9 Å². The van der Waals surface area contributed by atoms with Crippen LogP contribution in [0.2, 0.25) is 0 Å². The van der Waals surface area contributed by atoms with Gasteiger partial charge in [0, 0.05) is 16.4 Å². The number of ether oxygens (including phenoxy) is 1.